The number of amides is 1. The van der Waals surface area contributed by atoms with E-state index in [1.54, 1.807) is 37.3 Å². The highest BCUT2D eigenvalue weighted by molar-refractivity contribution is 7.20. The van der Waals surface area contributed by atoms with Crippen LogP contribution in [0.2, 0.25) is 0 Å². The van der Waals surface area contributed by atoms with Crippen molar-refractivity contribution in [3.63, 3.8) is 0 Å². The van der Waals surface area contributed by atoms with Gasteiger partial charge in [-0.05, 0) is 42.3 Å². The predicted octanol–water partition coefficient (Wildman–Crippen LogP) is 4.42. The second kappa shape index (κ2) is 5.85. The lowest BCUT2D eigenvalue weighted by Crippen LogP contribution is -2.21. The van der Waals surface area contributed by atoms with Crippen LogP contribution >= 0.6 is 11.3 Å². The van der Waals surface area contributed by atoms with Crippen LogP contribution < -0.4 is 5.32 Å². The molecule has 3 rings (SSSR count). The summed E-state index contributed by atoms with van der Waals surface area (Å²) in [5.74, 6) is -0.861. The monoisotopic (exact) mass is 317 g/mol. The fourth-order valence-electron chi connectivity index (χ4n) is 2.22. The van der Waals surface area contributed by atoms with Gasteiger partial charge in [0.2, 0.25) is 0 Å². The van der Waals surface area contributed by atoms with E-state index in [9.17, 15) is 13.6 Å². The molecule has 0 bridgehead atoms. The average Bonchev–Trinajstić information content (AvgIpc) is 2.94. The van der Waals surface area contributed by atoms with Crippen molar-refractivity contribution >= 4 is 27.3 Å². The molecule has 0 fully saturated rings. The summed E-state index contributed by atoms with van der Waals surface area (Å²) in [4.78, 5) is 12.6. The third kappa shape index (κ3) is 2.85. The second-order valence-corrected chi connectivity index (χ2v) is 6.11. The van der Waals surface area contributed by atoms with E-state index in [1.165, 1.54) is 23.5 Å². The first-order valence-electron chi connectivity index (χ1n) is 6.76. The number of carbonyl (C=O) groups is 1. The van der Waals surface area contributed by atoms with Crippen LogP contribution in [0.5, 0.6) is 0 Å². The van der Waals surface area contributed by atoms with Crippen molar-refractivity contribution in [1.29, 1.82) is 0 Å². The van der Waals surface area contributed by atoms with E-state index < -0.39 is 0 Å². The molecule has 2 aromatic carbocycles. The van der Waals surface area contributed by atoms with Crippen LogP contribution in [0.25, 0.3) is 10.1 Å². The third-order valence-electron chi connectivity index (χ3n) is 3.41. The highest BCUT2D eigenvalue weighted by Gasteiger charge is 2.12. The Morgan fingerprint density at radius 3 is 2.68 bits per heavy atom. The molecule has 0 saturated carbocycles. The smallest absolute Gasteiger partial charge is 0.261 e. The van der Waals surface area contributed by atoms with Gasteiger partial charge >= 0.3 is 0 Å². The molecule has 3 aromatic rings. The van der Waals surface area contributed by atoms with Crippen molar-refractivity contribution < 1.29 is 13.6 Å². The van der Waals surface area contributed by atoms with Gasteiger partial charge in [-0.15, -0.1) is 11.3 Å². The first-order chi connectivity index (χ1) is 10.5. The molecule has 0 atom stereocenters. The molecule has 0 aliphatic heterocycles. The number of thiophene rings is 1. The van der Waals surface area contributed by atoms with Crippen LogP contribution in [-0.4, -0.2) is 5.91 Å². The molecule has 0 aliphatic rings. The Balaban J connectivity index is 1.75. The van der Waals surface area contributed by atoms with Crippen molar-refractivity contribution in [3.05, 3.63) is 70.1 Å². The van der Waals surface area contributed by atoms with Crippen LogP contribution in [0.1, 0.15) is 20.8 Å². The molecule has 1 amide bonds. The lowest BCUT2D eigenvalue weighted by molar-refractivity contribution is 0.0955. The number of aryl methyl sites for hydroxylation is 1. The third-order valence-corrected chi connectivity index (χ3v) is 4.51. The Morgan fingerprint density at radius 1 is 1.14 bits per heavy atom. The maximum Gasteiger partial charge on any atom is 0.261 e. The van der Waals surface area contributed by atoms with E-state index >= 15 is 0 Å². The average molecular weight is 317 g/mol. The minimum atomic E-state index is -0.332. The van der Waals surface area contributed by atoms with Gasteiger partial charge in [0.1, 0.15) is 11.6 Å². The standard InChI is InChI=1S/C17H13F2NOS/c1-10-7-11(5-6-13(10)18)9-20-17(21)16-8-12-14(19)3-2-4-15(12)22-16/h2-8H,9H2,1H3,(H,20,21). The summed E-state index contributed by atoms with van der Waals surface area (Å²) in [7, 11) is 0. The normalized spacial score (nSPS) is 10.9. The Kier molecular flexibility index (Phi) is 3.90. The molecule has 1 heterocycles. The van der Waals surface area contributed by atoms with Gasteiger partial charge in [0.25, 0.3) is 5.91 Å². The first-order valence-corrected chi connectivity index (χ1v) is 7.57. The summed E-state index contributed by atoms with van der Waals surface area (Å²) in [6.45, 7) is 1.98. The number of halogens is 2. The molecular formula is C17H13F2NOS. The van der Waals surface area contributed by atoms with E-state index in [1.807, 2.05) is 0 Å². The van der Waals surface area contributed by atoms with E-state index in [0.717, 1.165) is 10.3 Å². The molecule has 0 saturated heterocycles. The van der Waals surface area contributed by atoms with Crippen LogP contribution in [0.4, 0.5) is 8.78 Å². The van der Waals surface area contributed by atoms with Gasteiger partial charge in [-0.3, -0.25) is 4.79 Å². The number of nitrogens with one attached hydrogen (secondary N) is 1. The number of fused-ring (bicyclic) bond motifs is 1. The summed E-state index contributed by atoms with van der Waals surface area (Å²) in [6, 6.07) is 11.0. The highest BCUT2D eigenvalue weighted by atomic mass is 32.1. The van der Waals surface area contributed by atoms with Gasteiger partial charge in [-0.25, -0.2) is 8.78 Å². The van der Waals surface area contributed by atoms with Crippen molar-refractivity contribution in [2.75, 3.05) is 0 Å². The molecule has 0 radical (unpaired) electrons. The van der Waals surface area contributed by atoms with E-state index in [-0.39, 0.29) is 17.5 Å². The SMILES string of the molecule is Cc1cc(CNC(=O)c2cc3c(F)cccc3s2)ccc1F. The zero-order valence-corrected chi connectivity index (χ0v) is 12.6. The molecular weight excluding hydrogens is 304 g/mol. The lowest BCUT2D eigenvalue weighted by Gasteiger charge is -2.05. The fraction of sp³-hybridized carbons (Fsp3) is 0.118. The number of hydrogen-bond acceptors (Lipinski definition) is 2. The number of benzene rings is 2. The molecule has 5 heteroatoms. The molecule has 0 unspecified atom stereocenters. The molecule has 2 nitrogen and oxygen atoms in total. The zero-order chi connectivity index (χ0) is 15.7. The Hall–Kier alpha value is -2.27. The maximum atomic E-state index is 13.6. The number of carbonyl (C=O) groups excluding carboxylic acids is 1. The summed E-state index contributed by atoms with van der Waals surface area (Å²) in [5, 5.41) is 3.22. The number of rotatable bonds is 3. The minimum Gasteiger partial charge on any atom is -0.347 e. The van der Waals surface area contributed by atoms with Crippen molar-refractivity contribution in [1.82, 2.24) is 5.32 Å². The van der Waals surface area contributed by atoms with E-state index in [2.05, 4.69) is 5.32 Å². The maximum absolute atomic E-state index is 13.6. The largest absolute Gasteiger partial charge is 0.347 e. The summed E-state index contributed by atoms with van der Waals surface area (Å²) in [6.07, 6.45) is 0. The van der Waals surface area contributed by atoms with Gasteiger partial charge in [-0.2, -0.15) is 0 Å². The number of hydrogen-bond donors (Lipinski definition) is 1. The Labute approximate surface area is 130 Å². The Bertz CT molecular complexity index is 857. The predicted molar refractivity (Wildman–Crippen MR) is 84.1 cm³/mol. The van der Waals surface area contributed by atoms with Crippen molar-refractivity contribution in [2.24, 2.45) is 0 Å². The summed E-state index contributed by atoms with van der Waals surface area (Å²) >= 11 is 1.25. The highest BCUT2D eigenvalue weighted by Crippen LogP contribution is 2.27. The summed E-state index contributed by atoms with van der Waals surface area (Å²) < 4.78 is 27.6. The van der Waals surface area contributed by atoms with Crippen molar-refractivity contribution in [2.45, 2.75) is 13.5 Å². The first kappa shape index (κ1) is 14.7. The fourth-order valence-corrected chi connectivity index (χ4v) is 3.22. The topological polar surface area (TPSA) is 29.1 Å². The molecule has 0 spiro atoms. The van der Waals surface area contributed by atoms with Crippen LogP contribution in [-0.2, 0) is 6.54 Å². The molecule has 1 N–H and O–H groups in total. The molecule has 0 aliphatic carbocycles. The molecule has 22 heavy (non-hydrogen) atoms. The van der Waals surface area contributed by atoms with Gasteiger partial charge in [0.15, 0.2) is 0 Å². The van der Waals surface area contributed by atoms with E-state index in [4.69, 9.17) is 0 Å². The molecule has 112 valence electrons. The van der Waals surface area contributed by atoms with Gasteiger partial charge in [0.05, 0.1) is 4.88 Å². The lowest BCUT2D eigenvalue weighted by atomic mass is 10.1. The van der Waals surface area contributed by atoms with Crippen LogP contribution in [0.15, 0.2) is 42.5 Å². The van der Waals surface area contributed by atoms with E-state index in [0.29, 0.717) is 22.4 Å². The Morgan fingerprint density at radius 2 is 1.95 bits per heavy atom. The van der Waals surface area contributed by atoms with Gasteiger partial charge in [-0.1, -0.05) is 18.2 Å². The summed E-state index contributed by atoms with van der Waals surface area (Å²) in [5.41, 5.74) is 1.36. The zero-order valence-electron chi connectivity index (χ0n) is 11.8. The second-order valence-electron chi connectivity index (χ2n) is 5.03. The van der Waals surface area contributed by atoms with Gasteiger partial charge < -0.3 is 5.32 Å². The quantitative estimate of drug-likeness (QED) is 0.761. The molecule has 1 aromatic heterocycles. The van der Waals surface area contributed by atoms with Crippen LogP contribution in [0, 0.1) is 18.6 Å². The van der Waals surface area contributed by atoms with Gasteiger partial charge in [0, 0.05) is 16.6 Å². The van der Waals surface area contributed by atoms with Crippen molar-refractivity contribution in [3.8, 4) is 0 Å². The minimum absolute atomic E-state index is 0.262. The van der Waals surface area contributed by atoms with Crippen LogP contribution in [0.3, 0.4) is 0 Å².